The Balaban J connectivity index is 1.39. The standard InChI is InChI=1S/C17H18N6O2/c1-11(24)16-10-23(21-20-16)15-8-22(9-15)17(25)13-4-2-12(3-5-13)14-6-18-19-7-14/h2-7,10-11,15,24H,8-9H2,1H3,(H,18,19). The highest BCUT2D eigenvalue weighted by atomic mass is 16.3. The summed E-state index contributed by atoms with van der Waals surface area (Å²) in [6.07, 6.45) is 4.66. The Morgan fingerprint density at radius 1 is 1.28 bits per heavy atom. The molecule has 25 heavy (non-hydrogen) atoms. The molecule has 1 unspecified atom stereocenters. The summed E-state index contributed by atoms with van der Waals surface area (Å²) < 4.78 is 1.72. The van der Waals surface area contributed by atoms with E-state index in [-0.39, 0.29) is 11.9 Å². The van der Waals surface area contributed by atoms with Crippen molar-refractivity contribution in [2.24, 2.45) is 0 Å². The van der Waals surface area contributed by atoms with Gasteiger partial charge in [-0.15, -0.1) is 5.10 Å². The lowest BCUT2D eigenvalue weighted by Gasteiger charge is -2.38. The lowest BCUT2D eigenvalue weighted by Crippen LogP contribution is -2.50. The van der Waals surface area contributed by atoms with Gasteiger partial charge in [-0.3, -0.25) is 9.89 Å². The van der Waals surface area contributed by atoms with Crippen LogP contribution >= 0.6 is 0 Å². The number of carbonyl (C=O) groups is 1. The van der Waals surface area contributed by atoms with Gasteiger partial charge in [-0.1, -0.05) is 17.3 Å². The first-order valence-electron chi connectivity index (χ1n) is 8.10. The molecule has 0 radical (unpaired) electrons. The lowest BCUT2D eigenvalue weighted by atomic mass is 10.0. The third kappa shape index (κ3) is 2.91. The van der Waals surface area contributed by atoms with E-state index in [1.807, 2.05) is 30.5 Å². The summed E-state index contributed by atoms with van der Waals surface area (Å²) in [7, 11) is 0. The third-order valence-electron chi connectivity index (χ3n) is 4.44. The van der Waals surface area contributed by atoms with Crippen LogP contribution in [0, 0.1) is 0 Å². The summed E-state index contributed by atoms with van der Waals surface area (Å²) in [5, 5.41) is 24.2. The second-order valence-electron chi connectivity index (χ2n) is 6.23. The second-order valence-corrected chi connectivity index (χ2v) is 6.23. The summed E-state index contributed by atoms with van der Waals surface area (Å²) >= 11 is 0. The molecule has 8 heteroatoms. The van der Waals surface area contributed by atoms with Crippen molar-refractivity contribution in [2.45, 2.75) is 19.1 Å². The minimum Gasteiger partial charge on any atom is -0.387 e. The summed E-state index contributed by atoms with van der Waals surface area (Å²) in [6, 6.07) is 7.61. The molecule has 1 saturated heterocycles. The number of hydrogen-bond donors (Lipinski definition) is 2. The molecule has 1 atom stereocenters. The van der Waals surface area contributed by atoms with Gasteiger partial charge in [0, 0.05) is 30.4 Å². The molecule has 1 aliphatic rings. The Bertz CT molecular complexity index is 863. The first-order valence-corrected chi connectivity index (χ1v) is 8.10. The molecule has 2 aromatic heterocycles. The van der Waals surface area contributed by atoms with E-state index in [2.05, 4.69) is 20.5 Å². The smallest absolute Gasteiger partial charge is 0.253 e. The van der Waals surface area contributed by atoms with Crippen LogP contribution in [0.4, 0.5) is 0 Å². The van der Waals surface area contributed by atoms with Crippen molar-refractivity contribution in [1.29, 1.82) is 0 Å². The van der Waals surface area contributed by atoms with Crippen LogP contribution in [-0.2, 0) is 0 Å². The molecular weight excluding hydrogens is 320 g/mol. The number of aliphatic hydroxyl groups is 1. The van der Waals surface area contributed by atoms with Crippen molar-refractivity contribution in [3.63, 3.8) is 0 Å². The monoisotopic (exact) mass is 338 g/mol. The van der Waals surface area contributed by atoms with Gasteiger partial charge in [0.2, 0.25) is 0 Å². The van der Waals surface area contributed by atoms with E-state index in [4.69, 9.17) is 0 Å². The van der Waals surface area contributed by atoms with Gasteiger partial charge in [0.1, 0.15) is 5.69 Å². The zero-order chi connectivity index (χ0) is 17.4. The number of likely N-dealkylation sites (tertiary alicyclic amines) is 1. The van der Waals surface area contributed by atoms with Crippen LogP contribution < -0.4 is 0 Å². The summed E-state index contributed by atoms with van der Waals surface area (Å²) in [4.78, 5) is 14.3. The van der Waals surface area contributed by atoms with Crippen LogP contribution in [0.3, 0.4) is 0 Å². The highest BCUT2D eigenvalue weighted by Crippen LogP contribution is 2.24. The Hall–Kier alpha value is -3.00. The molecule has 2 N–H and O–H groups in total. The number of amides is 1. The molecule has 128 valence electrons. The van der Waals surface area contributed by atoms with Crippen molar-refractivity contribution in [2.75, 3.05) is 13.1 Å². The van der Waals surface area contributed by atoms with Gasteiger partial charge in [0.15, 0.2) is 0 Å². The molecule has 0 bridgehead atoms. The van der Waals surface area contributed by atoms with E-state index in [9.17, 15) is 9.90 Å². The quantitative estimate of drug-likeness (QED) is 0.749. The molecule has 4 rings (SSSR count). The van der Waals surface area contributed by atoms with E-state index in [1.165, 1.54) is 0 Å². The summed E-state index contributed by atoms with van der Waals surface area (Å²) in [5.74, 6) is 0.00542. The summed E-state index contributed by atoms with van der Waals surface area (Å²) in [5.41, 5.74) is 3.21. The first-order chi connectivity index (χ1) is 12.1. The zero-order valence-corrected chi connectivity index (χ0v) is 13.7. The number of aliphatic hydroxyl groups excluding tert-OH is 1. The fraction of sp³-hybridized carbons (Fsp3) is 0.294. The summed E-state index contributed by atoms with van der Waals surface area (Å²) in [6.45, 7) is 2.83. The molecule has 3 heterocycles. The Morgan fingerprint density at radius 2 is 2.04 bits per heavy atom. The van der Waals surface area contributed by atoms with Gasteiger partial charge < -0.3 is 10.0 Å². The van der Waals surface area contributed by atoms with E-state index in [1.54, 1.807) is 28.9 Å². The van der Waals surface area contributed by atoms with E-state index in [0.29, 0.717) is 24.3 Å². The zero-order valence-electron chi connectivity index (χ0n) is 13.7. The number of aromatic nitrogens is 5. The molecule has 0 aliphatic carbocycles. The number of carbonyl (C=O) groups excluding carboxylic acids is 1. The highest BCUT2D eigenvalue weighted by Gasteiger charge is 2.33. The molecule has 3 aromatic rings. The van der Waals surface area contributed by atoms with Crippen molar-refractivity contribution in [3.8, 4) is 11.1 Å². The third-order valence-corrected chi connectivity index (χ3v) is 4.44. The van der Waals surface area contributed by atoms with Crippen LogP contribution in [0.5, 0.6) is 0 Å². The van der Waals surface area contributed by atoms with Crippen molar-refractivity contribution in [3.05, 3.63) is 54.1 Å². The van der Waals surface area contributed by atoms with Gasteiger partial charge in [-0.2, -0.15) is 5.10 Å². The van der Waals surface area contributed by atoms with Gasteiger partial charge in [0.05, 0.1) is 24.5 Å². The van der Waals surface area contributed by atoms with Gasteiger partial charge >= 0.3 is 0 Å². The van der Waals surface area contributed by atoms with Crippen LogP contribution in [0.25, 0.3) is 11.1 Å². The number of benzene rings is 1. The SMILES string of the molecule is CC(O)c1cn(C2CN(C(=O)c3ccc(-c4cn[nH]c4)cc3)C2)nn1. The van der Waals surface area contributed by atoms with Crippen LogP contribution in [0.1, 0.15) is 35.1 Å². The topological polar surface area (TPSA) is 99.9 Å². The van der Waals surface area contributed by atoms with Gasteiger partial charge in [-0.05, 0) is 24.6 Å². The second kappa shape index (κ2) is 6.14. The molecule has 1 aliphatic heterocycles. The maximum Gasteiger partial charge on any atom is 0.253 e. The Kier molecular flexibility index (Phi) is 3.81. The molecule has 1 amide bonds. The number of nitrogens with zero attached hydrogens (tertiary/aromatic N) is 5. The number of rotatable bonds is 4. The maximum atomic E-state index is 12.5. The maximum absolute atomic E-state index is 12.5. The largest absolute Gasteiger partial charge is 0.387 e. The fourth-order valence-electron chi connectivity index (χ4n) is 2.85. The fourth-order valence-corrected chi connectivity index (χ4v) is 2.85. The number of nitrogens with one attached hydrogen (secondary N) is 1. The van der Waals surface area contributed by atoms with Crippen molar-refractivity contribution >= 4 is 5.91 Å². The van der Waals surface area contributed by atoms with Crippen LogP contribution in [0.2, 0.25) is 0 Å². The average Bonchev–Trinajstić information content (AvgIpc) is 3.25. The van der Waals surface area contributed by atoms with E-state index < -0.39 is 6.10 Å². The van der Waals surface area contributed by atoms with E-state index >= 15 is 0 Å². The van der Waals surface area contributed by atoms with Crippen molar-refractivity contribution < 1.29 is 9.90 Å². The number of H-pyrrole nitrogens is 1. The van der Waals surface area contributed by atoms with Crippen molar-refractivity contribution in [1.82, 2.24) is 30.1 Å². The normalized spacial score (nSPS) is 15.8. The minimum atomic E-state index is -0.639. The van der Waals surface area contributed by atoms with E-state index in [0.717, 1.165) is 11.1 Å². The predicted octanol–water partition coefficient (Wildman–Crippen LogP) is 1.42. The molecule has 0 spiro atoms. The lowest BCUT2D eigenvalue weighted by molar-refractivity contribution is 0.0498. The highest BCUT2D eigenvalue weighted by molar-refractivity contribution is 5.95. The number of aromatic amines is 1. The predicted molar refractivity (Wildman–Crippen MR) is 89.6 cm³/mol. The molecule has 8 nitrogen and oxygen atoms in total. The van der Waals surface area contributed by atoms with Gasteiger partial charge in [-0.25, -0.2) is 4.68 Å². The average molecular weight is 338 g/mol. The Labute approximate surface area is 144 Å². The van der Waals surface area contributed by atoms with Gasteiger partial charge in [0.25, 0.3) is 5.91 Å². The van der Waals surface area contributed by atoms with Crippen LogP contribution in [-0.4, -0.2) is 54.2 Å². The molecular formula is C17H18N6O2. The first kappa shape index (κ1) is 15.5. The molecule has 1 aromatic carbocycles. The molecule has 0 saturated carbocycles. The molecule has 1 fully saturated rings. The van der Waals surface area contributed by atoms with Crippen LogP contribution in [0.15, 0.2) is 42.9 Å². The number of hydrogen-bond acceptors (Lipinski definition) is 5. The Morgan fingerprint density at radius 3 is 2.64 bits per heavy atom. The minimum absolute atomic E-state index is 0.00542.